The lowest BCUT2D eigenvalue weighted by Gasteiger charge is -2.30. The summed E-state index contributed by atoms with van der Waals surface area (Å²) in [4.78, 5) is 17.8. The number of hydrogen-bond donors (Lipinski definition) is 1. The first-order valence-corrected chi connectivity index (χ1v) is 5.68. The molecule has 0 aromatic carbocycles. The minimum Gasteiger partial charge on any atom is -0.341 e. The Morgan fingerprint density at radius 3 is 3.19 bits per heavy atom. The van der Waals surface area contributed by atoms with E-state index < -0.39 is 0 Å². The molecule has 2 rings (SSSR count). The molecular weight excluding hydrogens is 202 g/mol. The summed E-state index contributed by atoms with van der Waals surface area (Å²) >= 11 is 0. The molecule has 1 aromatic rings. The van der Waals surface area contributed by atoms with Crippen molar-refractivity contribution in [1.82, 2.24) is 9.88 Å². The first kappa shape index (κ1) is 11.1. The van der Waals surface area contributed by atoms with Crippen molar-refractivity contribution in [3.8, 4) is 0 Å². The predicted molar refractivity (Wildman–Crippen MR) is 61.7 cm³/mol. The Morgan fingerprint density at radius 2 is 2.50 bits per heavy atom. The Bertz CT molecular complexity index is 353. The van der Waals surface area contributed by atoms with E-state index >= 15 is 0 Å². The molecule has 2 N–H and O–H groups in total. The quantitative estimate of drug-likeness (QED) is 0.791. The molecule has 0 bridgehead atoms. The van der Waals surface area contributed by atoms with E-state index in [1.807, 2.05) is 17.0 Å². The van der Waals surface area contributed by atoms with Crippen LogP contribution in [-0.2, 0) is 11.2 Å². The van der Waals surface area contributed by atoms with Gasteiger partial charge in [0.2, 0.25) is 5.91 Å². The lowest BCUT2D eigenvalue weighted by atomic mass is 10.1. The third-order valence-corrected chi connectivity index (χ3v) is 2.89. The van der Waals surface area contributed by atoms with Crippen LogP contribution in [0.4, 0.5) is 0 Å². The van der Waals surface area contributed by atoms with E-state index in [1.54, 1.807) is 12.4 Å². The SMILES string of the molecule is NC1CCCN(C(=O)Cc2cccnc2)C1. The van der Waals surface area contributed by atoms with Gasteiger partial charge in [0.1, 0.15) is 0 Å². The van der Waals surface area contributed by atoms with E-state index in [4.69, 9.17) is 5.73 Å². The molecule has 1 atom stereocenters. The highest BCUT2D eigenvalue weighted by Gasteiger charge is 2.20. The van der Waals surface area contributed by atoms with Crippen molar-refractivity contribution in [1.29, 1.82) is 0 Å². The second-order valence-electron chi connectivity index (χ2n) is 4.28. The molecule has 0 spiro atoms. The third kappa shape index (κ3) is 2.79. The maximum absolute atomic E-state index is 12.0. The normalized spacial score (nSPS) is 20.8. The first-order valence-electron chi connectivity index (χ1n) is 5.68. The van der Waals surface area contributed by atoms with Crippen LogP contribution in [0, 0.1) is 0 Å². The lowest BCUT2D eigenvalue weighted by Crippen LogP contribution is -2.46. The molecule has 1 fully saturated rings. The zero-order valence-electron chi connectivity index (χ0n) is 9.30. The van der Waals surface area contributed by atoms with Crippen molar-refractivity contribution in [2.75, 3.05) is 13.1 Å². The molecule has 1 saturated heterocycles. The van der Waals surface area contributed by atoms with E-state index in [-0.39, 0.29) is 11.9 Å². The fraction of sp³-hybridized carbons (Fsp3) is 0.500. The Morgan fingerprint density at radius 1 is 1.62 bits per heavy atom. The van der Waals surface area contributed by atoms with Gasteiger partial charge in [-0.3, -0.25) is 9.78 Å². The van der Waals surface area contributed by atoms with Gasteiger partial charge >= 0.3 is 0 Å². The van der Waals surface area contributed by atoms with Crippen LogP contribution in [0.1, 0.15) is 18.4 Å². The summed E-state index contributed by atoms with van der Waals surface area (Å²) in [7, 11) is 0. The fourth-order valence-corrected chi connectivity index (χ4v) is 2.03. The Balaban J connectivity index is 1.93. The molecule has 4 nitrogen and oxygen atoms in total. The summed E-state index contributed by atoms with van der Waals surface area (Å²) in [6.45, 7) is 1.53. The minimum atomic E-state index is 0.145. The van der Waals surface area contributed by atoms with Crippen LogP contribution in [0.15, 0.2) is 24.5 Å². The average Bonchev–Trinajstić information content (AvgIpc) is 2.30. The Labute approximate surface area is 95.5 Å². The number of aromatic nitrogens is 1. The van der Waals surface area contributed by atoms with Crippen LogP contribution >= 0.6 is 0 Å². The number of nitrogens with two attached hydrogens (primary N) is 1. The van der Waals surface area contributed by atoms with Crippen LogP contribution in [0.5, 0.6) is 0 Å². The summed E-state index contributed by atoms with van der Waals surface area (Å²) in [6, 6.07) is 3.92. The average molecular weight is 219 g/mol. The smallest absolute Gasteiger partial charge is 0.227 e. The monoisotopic (exact) mass is 219 g/mol. The molecule has 16 heavy (non-hydrogen) atoms. The van der Waals surface area contributed by atoms with Crippen LogP contribution in [-0.4, -0.2) is 34.9 Å². The number of carbonyl (C=O) groups excluding carboxylic acids is 1. The number of rotatable bonds is 2. The molecule has 86 valence electrons. The summed E-state index contributed by atoms with van der Waals surface area (Å²) < 4.78 is 0. The topological polar surface area (TPSA) is 59.2 Å². The Kier molecular flexibility index (Phi) is 3.51. The number of amides is 1. The van der Waals surface area contributed by atoms with Crippen molar-refractivity contribution >= 4 is 5.91 Å². The van der Waals surface area contributed by atoms with E-state index in [2.05, 4.69) is 4.98 Å². The number of carbonyl (C=O) groups is 1. The molecule has 0 saturated carbocycles. The zero-order valence-corrected chi connectivity index (χ0v) is 9.30. The van der Waals surface area contributed by atoms with Gasteiger partial charge in [0.05, 0.1) is 6.42 Å². The summed E-state index contributed by atoms with van der Waals surface area (Å²) in [5.41, 5.74) is 6.81. The highest BCUT2D eigenvalue weighted by Crippen LogP contribution is 2.10. The van der Waals surface area contributed by atoms with Crippen molar-refractivity contribution in [3.63, 3.8) is 0 Å². The molecule has 1 unspecified atom stereocenters. The highest BCUT2D eigenvalue weighted by atomic mass is 16.2. The third-order valence-electron chi connectivity index (χ3n) is 2.89. The van der Waals surface area contributed by atoms with Gasteiger partial charge in [0.25, 0.3) is 0 Å². The molecule has 1 amide bonds. The second kappa shape index (κ2) is 5.07. The first-order chi connectivity index (χ1) is 7.75. The van der Waals surface area contributed by atoms with Gasteiger partial charge in [-0.2, -0.15) is 0 Å². The van der Waals surface area contributed by atoms with E-state index in [1.165, 1.54) is 0 Å². The van der Waals surface area contributed by atoms with Crippen molar-refractivity contribution in [2.24, 2.45) is 5.73 Å². The molecule has 1 aromatic heterocycles. The number of piperidine rings is 1. The van der Waals surface area contributed by atoms with Gasteiger partial charge in [0.15, 0.2) is 0 Å². The summed E-state index contributed by atoms with van der Waals surface area (Å²) in [5, 5.41) is 0. The number of hydrogen-bond acceptors (Lipinski definition) is 3. The predicted octanol–water partition coefficient (Wildman–Crippen LogP) is 0.574. The fourth-order valence-electron chi connectivity index (χ4n) is 2.03. The van der Waals surface area contributed by atoms with Gasteiger partial charge in [0, 0.05) is 31.5 Å². The van der Waals surface area contributed by atoms with E-state index in [9.17, 15) is 4.79 Å². The standard InChI is InChI=1S/C12H17N3O/c13-11-4-2-6-15(9-11)12(16)7-10-3-1-5-14-8-10/h1,3,5,8,11H,2,4,6-7,9,13H2. The summed E-state index contributed by atoms with van der Waals surface area (Å²) in [6.07, 6.45) is 5.92. The van der Waals surface area contributed by atoms with Gasteiger partial charge in [-0.15, -0.1) is 0 Å². The zero-order chi connectivity index (χ0) is 11.4. The molecule has 1 aliphatic heterocycles. The molecule has 1 aliphatic rings. The molecule has 0 aliphatic carbocycles. The highest BCUT2D eigenvalue weighted by molar-refractivity contribution is 5.78. The van der Waals surface area contributed by atoms with Crippen molar-refractivity contribution < 1.29 is 4.79 Å². The maximum atomic E-state index is 12.0. The summed E-state index contributed by atoms with van der Waals surface area (Å²) in [5.74, 6) is 0.156. The van der Waals surface area contributed by atoms with Gasteiger partial charge in [-0.1, -0.05) is 6.07 Å². The molecule has 4 heteroatoms. The largest absolute Gasteiger partial charge is 0.341 e. The Hall–Kier alpha value is -1.42. The van der Waals surface area contributed by atoms with E-state index in [0.29, 0.717) is 13.0 Å². The number of likely N-dealkylation sites (tertiary alicyclic amines) is 1. The number of pyridine rings is 1. The van der Waals surface area contributed by atoms with Crippen LogP contribution < -0.4 is 5.73 Å². The molecular formula is C12H17N3O. The van der Waals surface area contributed by atoms with Gasteiger partial charge < -0.3 is 10.6 Å². The minimum absolute atomic E-state index is 0.145. The van der Waals surface area contributed by atoms with Crippen LogP contribution in [0.3, 0.4) is 0 Å². The maximum Gasteiger partial charge on any atom is 0.227 e. The number of nitrogens with zero attached hydrogens (tertiary/aromatic N) is 2. The molecule has 0 radical (unpaired) electrons. The van der Waals surface area contributed by atoms with Crippen molar-refractivity contribution in [3.05, 3.63) is 30.1 Å². The van der Waals surface area contributed by atoms with E-state index in [0.717, 1.165) is 24.9 Å². The van der Waals surface area contributed by atoms with Gasteiger partial charge in [-0.05, 0) is 24.5 Å². The van der Waals surface area contributed by atoms with Crippen LogP contribution in [0.25, 0.3) is 0 Å². The molecule has 2 heterocycles. The second-order valence-corrected chi connectivity index (χ2v) is 4.28. The van der Waals surface area contributed by atoms with Crippen LogP contribution in [0.2, 0.25) is 0 Å². The van der Waals surface area contributed by atoms with Gasteiger partial charge in [-0.25, -0.2) is 0 Å². The lowest BCUT2D eigenvalue weighted by molar-refractivity contribution is -0.131. The van der Waals surface area contributed by atoms with Crippen molar-refractivity contribution in [2.45, 2.75) is 25.3 Å².